The highest BCUT2D eigenvalue weighted by molar-refractivity contribution is 5.66. The first-order valence-electron chi connectivity index (χ1n) is 4.79. The molecule has 0 saturated heterocycles. The molecule has 0 aliphatic rings. The Hall–Kier alpha value is -0.530. The van der Waals surface area contributed by atoms with Gasteiger partial charge in [-0.05, 0) is 18.3 Å². The Morgan fingerprint density at radius 3 is 2.17 bits per heavy atom. The molecule has 0 aliphatic carbocycles. The molecule has 0 rings (SSSR count). The number of carbonyl (C=O) groups is 1. The van der Waals surface area contributed by atoms with Crippen LogP contribution in [0.15, 0.2) is 0 Å². The standard InChI is InChI=1S/C10H20O2/c1-4-5-8(2)9(3)6-7-10(11)12/h8-9H,4-7H2,1-3H3,(H,11,12). The molecule has 2 atom stereocenters. The van der Waals surface area contributed by atoms with Gasteiger partial charge in [0.1, 0.15) is 0 Å². The van der Waals surface area contributed by atoms with E-state index in [0.29, 0.717) is 18.3 Å². The van der Waals surface area contributed by atoms with Crippen LogP contribution in [0.3, 0.4) is 0 Å². The van der Waals surface area contributed by atoms with E-state index in [1.165, 1.54) is 12.8 Å². The molecule has 2 nitrogen and oxygen atoms in total. The first-order chi connectivity index (χ1) is 5.57. The topological polar surface area (TPSA) is 37.3 Å². The minimum atomic E-state index is -0.675. The van der Waals surface area contributed by atoms with E-state index in [4.69, 9.17) is 5.11 Å². The molecule has 0 radical (unpaired) electrons. The molecule has 72 valence electrons. The Labute approximate surface area is 75.0 Å². The third-order valence-electron chi connectivity index (χ3n) is 2.53. The molecule has 0 saturated carbocycles. The van der Waals surface area contributed by atoms with Crippen LogP contribution in [0.1, 0.15) is 46.5 Å². The first kappa shape index (κ1) is 11.5. The summed E-state index contributed by atoms with van der Waals surface area (Å²) in [5.74, 6) is 0.529. The van der Waals surface area contributed by atoms with E-state index >= 15 is 0 Å². The van der Waals surface area contributed by atoms with Gasteiger partial charge in [-0.3, -0.25) is 4.79 Å². The third kappa shape index (κ3) is 5.16. The zero-order valence-corrected chi connectivity index (χ0v) is 8.34. The quantitative estimate of drug-likeness (QED) is 0.668. The van der Waals surface area contributed by atoms with Crippen LogP contribution in [0.25, 0.3) is 0 Å². The molecule has 0 aromatic carbocycles. The maximum Gasteiger partial charge on any atom is 0.303 e. The second-order valence-corrected chi connectivity index (χ2v) is 3.68. The van der Waals surface area contributed by atoms with Crippen molar-refractivity contribution in [1.82, 2.24) is 0 Å². The van der Waals surface area contributed by atoms with Crippen LogP contribution in [0, 0.1) is 11.8 Å². The van der Waals surface area contributed by atoms with Crippen molar-refractivity contribution in [3.8, 4) is 0 Å². The summed E-state index contributed by atoms with van der Waals surface area (Å²) in [7, 11) is 0. The predicted octanol–water partition coefficient (Wildman–Crippen LogP) is 2.92. The van der Waals surface area contributed by atoms with Gasteiger partial charge in [-0.25, -0.2) is 0 Å². The van der Waals surface area contributed by atoms with Crippen LogP contribution in [-0.2, 0) is 4.79 Å². The zero-order chi connectivity index (χ0) is 9.56. The van der Waals surface area contributed by atoms with Crippen molar-refractivity contribution >= 4 is 5.97 Å². The van der Waals surface area contributed by atoms with Gasteiger partial charge in [0.25, 0.3) is 0 Å². The Morgan fingerprint density at radius 1 is 1.25 bits per heavy atom. The summed E-state index contributed by atoms with van der Waals surface area (Å²) < 4.78 is 0. The average molecular weight is 172 g/mol. The Kier molecular flexibility index (Phi) is 5.77. The third-order valence-corrected chi connectivity index (χ3v) is 2.53. The second-order valence-electron chi connectivity index (χ2n) is 3.68. The molecule has 1 N–H and O–H groups in total. The lowest BCUT2D eigenvalue weighted by Gasteiger charge is -2.17. The molecule has 0 aromatic heterocycles. The summed E-state index contributed by atoms with van der Waals surface area (Å²) in [6.07, 6.45) is 3.53. The smallest absolute Gasteiger partial charge is 0.303 e. The van der Waals surface area contributed by atoms with Crippen molar-refractivity contribution in [2.75, 3.05) is 0 Å². The van der Waals surface area contributed by atoms with E-state index in [1.54, 1.807) is 0 Å². The monoisotopic (exact) mass is 172 g/mol. The van der Waals surface area contributed by atoms with Gasteiger partial charge in [-0.1, -0.05) is 33.6 Å². The SMILES string of the molecule is CCCC(C)C(C)CCC(=O)O. The summed E-state index contributed by atoms with van der Waals surface area (Å²) in [6, 6.07) is 0. The van der Waals surface area contributed by atoms with Gasteiger partial charge in [0.2, 0.25) is 0 Å². The zero-order valence-electron chi connectivity index (χ0n) is 8.34. The van der Waals surface area contributed by atoms with Crippen molar-refractivity contribution < 1.29 is 9.90 Å². The Balaban J connectivity index is 3.55. The molecule has 0 spiro atoms. The molecule has 0 aromatic rings. The van der Waals surface area contributed by atoms with Gasteiger partial charge in [0.05, 0.1) is 0 Å². The molecular weight excluding hydrogens is 152 g/mol. The molecule has 12 heavy (non-hydrogen) atoms. The highest BCUT2D eigenvalue weighted by atomic mass is 16.4. The fourth-order valence-corrected chi connectivity index (χ4v) is 1.38. The summed E-state index contributed by atoms with van der Waals surface area (Å²) >= 11 is 0. The molecule has 0 fully saturated rings. The number of carboxylic acid groups (broad SMARTS) is 1. The van der Waals surface area contributed by atoms with Crippen molar-refractivity contribution in [1.29, 1.82) is 0 Å². The number of aliphatic carboxylic acids is 1. The number of hydrogen-bond donors (Lipinski definition) is 1. The summed E-state index contributed by atoms with van der Waals surface area (Å²) in [5, 5.41) is 8.47. The van der Waals surface area contributed by atoms with Crippen LogP contribution in [0.2, 0.25) is 0 Å². The van der Waals surface area contributed by atoms with Crippen molar-refractivity contribution in [3.63, 3.8) is 0 Å². The lowest BCUT2D eigenvalue weighted by molar-refractivity contribution is -0.137. The molecule has 2 unspecified atom stereocenters. The van der Waals surface area contributed by atoms with Gasteiger partial charge in [-0.2, -0.15) is 0 Å². The van der Waals surface area contributed by atoms with Gasteiger partial charge < -0.3 is 5.11 Å². The van der Waals surface area contributed by atoms with Crippen LogP contribution in [0.4, 0.5) is 0 Å². The van der Waals surface area contributed by atoms with Gasteiger partial charge in [-0.15, -0.1) is 0 Å². The summed E-state index contributed by atoms with van der Waals surface area (Å²) in [4.78, 5) is 10.3. The van der Waals surface area contributed by atoms with Gasteiger partial charge in [0, 0.05) is 6.42 Å². The minimum absolute atomic E-state index is 0.315. The van der Waals surface area contributed by atoms with E-state index in [9.17, 15) is 4.79 Å². The average Bonchev–Trinajstić information content (AvgIpc) is 2.00. The highest BCUT2D eigenvalue weighted by Crippen LogP contribution is 2.20. The normalized spacial score (nSPS) is 15.6. The largest absolute Gasteiger partial charge is 0.481 e. The fourth-order valence-electron chi connectivity index (χ4n) is 1.38. The molecule has 2 heteroatoms. The van der Waals surface area contributed by atoms with E-state index in [-0.39, 0.29) is 0 Å². The van der Waals surface area contributed by atoms with E-state index in [0.717, 1.165) is 6.42 Å². The predicted molar refractivity (Wildman–Crippen MR) is 50.1 cm³/mol. The van der Waals surface area contributed by atoms with Gasteiger partial charge >= 0.3 is 5.97 Å². The van der Waals surface area contributed by atoms with Crippen molar-refractivity contribution in [2.24, 2.45) is 11.8 Å². The lowest BCUT2D eigenvalue weighted by Crippen LogP contribution is -2.09. The van der Waals surface area contributed by atoms with Crippen LogP contribution in [-0.4, -0.2) is 11.1 Å². The van der Waals surface area contributed by atoms with E-state index in [2.05, 4.69) is 20.8 Å². The molecule has 0 amide bonds. The lowest BCUT2D eigenvalue weighted by atomic mass is 9.88. The number of carboxylic acids is 1. The summed E-state index contributed by atoms with van der Waals surface area (Å²) in [5.41, 5.74) is 0. The summed E-state index contributed by atoms with van der Waals surface area (Å²) in [6.45, 7) is 6.51. The molecule has 0 heterocycles. The van der Waals surface area contributed by atoms with Gasteiger partial charge in [0.15, 0.2) is 0 Å². The number of hydrogen-bond acceptors (Lipinski definition) is 1. The molecule has 0 bridgehead atoms. The maximum absolute atomic E-state index is 10.3. The van der Waals surface area contributed by atoms with E-state index in [1.807, 2.05) is 0 Å². The Bertz CT molecular complexity index is 132. The molecular formula is C10H20O2. The first-order valence-corrected chi connectivity index (χ1v) is 4.79. The fraction of sp³-hybridized carbons (Fsp3) is 0.900. The number of rotatable bonds is 6. The van der Waals surface area contributed by atoms with Crippen LogP contribution in [0.5, 0.6) is 0 Å². The van der Waals surface area contributed by atoms with Crippen LogP contribution >= 0.6 is 0 Å². The Morgan fingerprint density at radius 2 is 1.75 bits per heavy atom. The van der Waals surface area contributed by atoms with Crippen molar-refractivity contribution in [3.05, 3.63) is 0 Å². The second kappa shape index (κ2) is 6.04. The van der Waals surface area contributed by atoms with Crippen LogP contribution < -0.4 is 0 Å². The van der Waals surface area contributed by atoms with E-state index < -0.39 is 5.97 Å². The maximum atomic E-state index is 10.3. The molecule has 0 aliphatic heterocycles. The highest BCUT2D eigenvalue weighted by Gasteiger charge is 2.12. The minimum Gasteiger partial charge on any atom is -0.481 e. The van der Waals surface area contributed by atoms with Crippen molar-refractivity contribution in [2.45, 2.75) is 46.5 Å².